The lowest BCUT2D eigenvalue weighted by molar-refractivity contribution is 0.528. The van der Waals surface area contributed by atoms with E-state index < -0.39 is 0 Å². The van der Waals surface area contributed by atoms with Gasteiger partial charge in [0.2, 0.25) is 16.9 Å². The number of hydrogen-bond donors (Lipinski definition) is 1. The Morgan fingerprint density at radius 1 is 1.25 bits per heavy atom. The van der Waals surface area contributed by atoms with Gasteiger partial charge in [0.25, 0.3) is 0 Å². The Kier molecular flexibility index (Phi) is 3.83. The molecule has 0 unspecified atom stereocenters. The maximum absolute atomic E-state index is 5.61. The van der Waals surface area contributed by atoms with Gasteiger partial charge in [0.05, 0.1) is 5.75 Å². The highest BCUT2D eigenvalue weighted by molar-refractivity contribution is 9.10. The smallest absolute Gasteiger partial charge is 0.247 e. The van der Waals surface area contributed by atoms with Gasteiger partial charge in [0.15, 0.2) is 0 Å². The summed E-state index contributed by atoms with van der Waals surface area (Å²) in [5.41, 5.74) is 0.894. The SMILES string of the molecule is Cc1nc(SCc2nnc(-c3ccc(Br)cc3)o2)n[nH]1. The minimum atomic E-state index is 0.513. The molecule has 2 aromatic heterocycles. The molecule has 3 aromatic rings. The van der Waals surface area contributed by atoms with Gasteiger partial charge in [-0.05, 0) is 31.2 Å². The number of hydrogen-bond acceptors (Lipinski definition) is 6. The number of nitrogens with one attached hydrogen (secondary N) is 1. The van der Waals surface area contributed by atoms with Crippen molar-refractivity contribution in [2.45, 2.75) is 17.8 Å². The lowest BCUT2D eigenvalue weighted by Gasteiger charge is -1.94. The molecule has 0 saturated carbocycles. The third-order valence-corrected chi connectivity index (χ3v) is 3.82. The fourth-order valence-corrected chi connectivity index (χ4v) is 2.48. The second kappa shape index (κ2) is 5.76. The monoisotopic (exact) mass is 351 g/mol. The third kappa shape index (κ3) is 3.07. The second-order valence-electron chi connectivity index (χ2n) is 4.00. The molecule has 0 amide bonds. The predicted molar refractivity (Wildman–Crippen MR) is 78.1 cm³/mol. The van der Waals surface area contributed by atoms with Gasteiger partial charge in [-0.1, -0.05) is 27.7 Å². The Hall–Kier alpha value is -1.67. The van der Waals surface area contributed by atoms with E-state index in [9.17, 15) is 0 Å². The van der Waals surface area contributed by atoms with E-state index in [1.807, 2.05) is 31.2 Å². The van der Waals surface area contributed by atoms with Crippen LogP contribution in [0.2, 0.25) is 0 Å². The number of thioether (sulfide) groups is 1. The van der Waals surface area contributed by atoms with Crippen LogP contribution >= 0.6 is 27.7 Å². The van der Waals surface area contributed by atoms with Crippen molar-refractivity contribution in [3.63, 3.8) is 0 Å². The van der Waals surface area contributed by atoms with Crippen LogP contribution in [0.15, 0.2) is 38.3 Å². The van der Waals surface area contributed by atoms with Crippen LogP contribution in [0.3, 0.4) is 0 Å². The second-order valence-corrected chi connectivity index (χ2v) is 5.86. The molecule has 1 aromatic carbocycles. The van der Waals surface area contributed by atoms with Crippen molar-refractivity contribution < 1.29 is 4.42 Å². The maximum atomic E-state index is 5.61. The highest BCUT2D eigenvalue weighted by atomic mass is 79.9. The lowest BCUT2D eigenvalue weighted by Crippen LogP contribution is -1.82. The predicted octanol–water partition coefficient (Wildman–Crippen LogP) is 3.22. The molecule has 0 bridgehead atoms. The van der Waals surface area contributed by atoms with Crippen LogP contribution in [-0.4, -0.2) is 25.4 Å². The highest BCUT2D eigenvalue weighted by Gasteiger charge is 2.10. The van der Waals surface area contributed by atoms with E-state index in [-0.39, 0.29) is 0 Å². The van der Waals surface area contributed by atoms with Crippen LogP contribution < -0.4 is 0 Å². The van der Waals surface area contributed by atoms with Gasteiger partial charge < -0.3 is 4.42 Å². The number of H-pyrrole nitrogens is 1. The first-order chi connectivity index (χ1) is 9.70. The van der Waals surface area contributed by atoms with Crippen LogP contribution in [0.4, 0.5) is 0 Å². The average molecular weight is 352 g/mol. The van der Waals surface area contributed by atoms with Crippen molar-refractivity contribution >= 4 is 27.7 Å². The Labute approximate surface area is 127 Å². The van der Waals surface area contributed by atoms with E-state index in [2.05, 4.69) is 41.3 Å². The summed E-state index contributed by atoms with van der Waals surface area (Å²) in [6.07, 6.45) is 0. The van der Waals surface area contributed by atoms with Crippen LogP contribution in [0, 0.1) is 6.92 Å². The standard InChI is InChI=1S/C12H10BrN5OS/c1-7-14-12(18-15-7)20-6-10-16-17-11(19-10)8-2-4-9(13)5-3-8/h2-5H,6H2,1H3,(H,14,15,18). The van der Waals surface area contributed by atoms with Crippen molar-refractivity contribution in [1.82, 2.24) is 25.4 Å². The summed E-state index contributed by atoms with van der Waals surface area (Å²) >= 11 is 4.84. The first-order valence-electron chi connectivity index (χ1n) is 5.81. The van der Waals surface area contributed by atoms with E-state index in [1.165, 1.54) is 11.8 Å². The van der Waals surface area contributed by atoms with E-state index in [4.69, 9.17) is 4.42 Å². The molecule has 0 radical (unpaired) electrons. The van der Waals surface area contributed by atoms with Gasteiger partial charge in [-0.2, -0.15) is 0 Å². The van der Waals surface area contributed by atoms with Gasteiger partial charge in [-0.25, -0.2) is 4.98 Å². The number of benzene rings is 1. The Morgan fingerprint density at radius 3 is 2.75 bits per heavy atom. The van der Waals surface area contributed by atoms with Crippen molar-refractivity contribution in [3.8, 4) is 11.5 Å². The maximum Gasteiger partial charge on any atom is 0.247 e. The molecule has 0 saturated heterocycles. The quantitative estimate of drug-likeness (QED) is 0.726. The Morgan fingerprint density at radius 2 is 2.05 bits per heavy atom. The molecule has 0 spiro atoms. The van der Waals surface area contributed by atoms with E-state index in [0.717, 1.165) is 15.9 Å². The molecule has 3 rings (SSSR count). The third-order valence-electron chi connectivity index (χ3n) is 2.46. The number of aryl methyl sites for hydroxylation is 1. The summed E-state index contributed by atoms with van der Waals surface area (Å²) in [6.45, 7) is 1.86. The molecule has 6 nitrogen and oxygen atoms in total. The zero-order chi connectivity index (χ0) is 13.9. The minimum absolute atomic E-state index is 0.513. The van der Waals surface area contributed by atoms with Crippen molar-refractivity contribution in [1.29, 1.82) is 0 Å². The zero-order valence-corrected chi connectivity index (χ0v) is 12.9. The number of rotatable bonds is 4. The summed E-state index contributed by atoms with van der Waals surface area (Å²) < 4.78 is 6.62. The minimum Gasteiger partial charge on any atom is -0.420 e. The van der Waals surface area contributed by atoms with Crippen molar-refractivity contribution in [3.05, 3.63) is 40.5 Å². The van der Waals surface area contributed by atoms with E-state index in [1.54, 1.807) is 0 Å². The van der Waals surface area contributed by atoms with Gasteiger partial charge in [-0.3, -0.25) is 5.10 Å². The molecule has 102 valence electrons. The summed E-state index contributed by atoms with van der Waals surface area (Å²) in [6, 6.07) is 7.72. The molecule has 8 heteroatoms. The summed E-state index contributed by atoms with van der Waals surface area (Å²) in [5.74, 6) is 2.39. The summed E-state index contributed by atoms with van der Waals surface area (Å²) in [5, 5.41) is 15.6. The molecule has 0 fully saturated rings. The first kappa shape index (κ1) is 13.3. The molecular formula is C12H10BrN5OS. The lowest BCUT2D eigenvalue weighted by atomic mass is 10.2. The Bertz CT molecular complexity index is 709. The molecule has 0 atom stereocenters. The molecular weight excluding hydrogens is 342 g/mol. The van der Waals surface area contributed by atoms with Crippen LogP contribution in [0.1, 0.15) is 11.7 Å². The largest absolute Gasteiger partial charge is 0.420 e. The summed E-state index contributed by atoms with van der Waals surface area (Å²) in [4.78, 5) is 4.20. The molecule has 0 aliphatic heterocycles. The normalized spacial score (nSPS) is 10.9. The number of halogens is 1. The highest BCUT2D eigenvalue weighted by Crippen LogP contribution is 2.23. The van der Waals surface area contributed by atoms with Gasteiger partial charge in [0, 0.05) is 10.0 Å². The molecule has 2 heterocycles. The van der Waals surface area contributed by atoms with E-state index in [0.29, 0.717) is 22.7 Å². The number of aromatic amines is 1. The van der Waals surface area contributed by atoms with Gasteiger partial charge in [0.1, 0.15) is 5.82 Å². The molecule has 0 aliphatic rings. The fraction of sp³-hybridized carbons (Fsp3) is 0.167. The van der Waals surface area contributed by atoms with Crippen LogP contribution in [0.5, 0.6) is 0 Å². The number of aromatic nitrogens is 5. The molecule has 1 N–H and O–H groups in total. The molecule has 0 aliphatic carbocycles. The number of nitrogens with zero attached hydrogens (tertiary/aromatic N) is 4. The first-order valence-corrected chi connectivity index (χ1v) is 7.59. The van der Waals surface area contributed by atoms with Crippen LogP contribution in [-0.2, 0) is 5.75 Å². The van der Waals surface area contributed by atoms with E-state index >= 15 is 0 Å². The van der Waals surface area contributed by atoms with Crippen molar-refractivity contribution in [2.24, 2.45) is 0 Å². The Balaban J connectivity index is 1.69. The average Bonchev–Trinajstić information content (AvgIpc) is 3.06. The van der Waals surface area contributed by atoms with Gasteiger partial charge >= 0.3 is 0 Å². The fourth-order valence-electron chi connectivity index (χ4n) is 1.53. The van der Waals surface area contributed by atoms with Crippen molar-refractivity contribution in [2.75, 3.05) is 0 Å². The van der Waals surface area contributed by atoms with Crippen LogP contribution in [0.25, 0.3) is 11.5 Å². The summed E-state index contributed by atoms with van der Waals surface area (Å²) in [7, 11) is 0. The topological polar surface area (TPSA) is 80.5 Å². The molecule has 20 heavy (non-hydrogen) atoms. The van der Waals surface area contributed by atoms with Gasteiger partial charge in [-0.15, -0.1) is 15.3 Å². The zero-order valence-electron chi connectivity index (χ0n) is 10.5.